The van der Waals surface area contributed by atoms with Gasteiger partial charge >= 0.3 is 0 Å². The van der Waals surface area contributed by atoms with E-state index < -0.39 is 9.84 Å². The minimum Gasteiger partial charge on any atom is -0.377 e. The monoisotopic (exact) mass is 221 g/mol. The Labute approximate surface area is 85.9 Å². The predicted molar refractivity (Wildman–Crippen MR) is 56.1 cm³/mol. The standard InChI is InChI=1S/C9H19NO3S/c1-3-13-8(2)6-10-9-4-5-14(11,12)7-9/h8-10H,3-7H2,1-2H3. The number of hydrogen-bond acceptors (Lipinski definition) is 4. The van der Waals surface area contributed by atoms with E-state index in [2.05, 4.69) is 5.32 Å². The zero-order chi connectivity index (χ0) is 10.6. The first kappa shape index (κ1) is 11.9. The molecule has 0 aromatic carbocycles. The minimum absolute atomic E-state index is 0.128. The number of rotatable bonds is 5. The van der Waals surface area contributed by atoms with Gasteiger partial charge in [0.15, 0.2) is 9.84 Å². The molecule has 0 aliphatic carbocycles. The van der Waals surface area contributed by atoms with Crippen LogP contribution in [-0.2, 0) is 14.6 Å². The van der Waals surface area contributed by atoms with Gasteiger partial charge in [0.05, 0.1) is 17.6 Å². The fourth-order valence-corrected chi connectivity index (χ4v) is 3.34. The zero-order valence-electron chi connectivity index (χ0n) is 8.82. The molecule has 1 rings (SSSR count). The van der Waals surface area contributed by atoms with Crippen LogP contribution in [0.3, 0.4) is 0 Å². The molecule has 1 fully saturated rings. The van der Waals surface area contributed by atoms with Gasteiger partial charge in [-0.05, 0) is 20.3 Å². The van der Waals surface area contributed by atoms with Gasteiger partial charge in [-0.2, -0.15) is 0 Å². The van der Waals surface area contributed by atoms with Crippen LogP contribution in [0, 0.1) is 0 Å². The van der Waals surface area contributed by atoms with Crippen molar-refractivity contribution < 1.29 is 13.2 Å². The summed E-state index contributed by atoms with van der Waals surface area (Å²) in [4.78, 5) is 0. The number of ether oxygens (including phenoxy) is 1. The average Bonchev–Trinajstić information content (AvgIpc) is 2.43. The third-order valence-electron chi connectivity index (χ3n) is 2.38. The molecule has 0 radical (unpaired) electrons. The summed E-state index contributed by atoms with van der Waals surface area (Å²) in [5, 5.41) is 3.22. The molecule has 1 aliphatic rings. The van der Waals surface area contributed by atoms with Gasteiger partial charge in [0.2, 0.25) is 0 Å². The van der Waals surface area contributed by atoms with Crippen LogP contribution in [0.1, 0.15) is 20.3 Å². The molecule has 1 aliphatic heterocycles. The Morgan fingerprint density at radius 1 is 1.57 bits per heavy atom. The third kappa shape index (κ3) is 3.94. The quantitative estimate of drug-likeness (QED) is 0.720. The van der Waals surface area contributed by atoms with Gasteiger partial charge in [0, 0.05) is 19.2 Å². The summed E-state index contributed by atoms with van der Waals surface area (Å²) in [6.07, 6.45) is 0.893. The largest absolute Gasteiger partial charge is 0.377 e. The highest BCUT2D eigenvalue weighted by molar-refractivity contribution is 7.91. The molecule has 5 heteroatoms. The Bertz CT molecular complexity index is 263. The maximum atomic E-state index is 11.1. The van der Waals surface area contributed by atoms with Gasteiger partial charge in [0.1, 0.15) is 0 Å². The molecule has 2 unspecified atom stereocenters. The lowest BCUT2D eigenvalue weighted by molar-refractivity contribution is 0.0745. The molecule has 1 N–H and O–H groups in total. The van der Waals surface area contributed by atoms with Crippen LogP contribution in [0.15, 0.2) is 0 Å². The second-order valence-corrected chi connectivity index (χ2v) is 6.00. The molecular weight excluding hydrogens is 202 g/mol. The first-order valence-corrected chi connectivity index (χ1v) is 6.91. The maximum Gasteiger partial charge on any atom is 0.151 e. The second kappa shape index (κ2) is 5.09. The fourth-order valence-electron chi connectivity index (χ4n) is 1.63. The molecule has 84 valence electrons. The molecule has 4 nitrogen and oxygen atoms in total. The molecule has 0 bridgehead atoms. The van der Waals surface area contributed by atoms with Crippen molar-refractivity contribution in [3.05, 3.63) is 0 Å². The van der Waals surface area contributed by atoms with Crippen LogP contribution in [0.2, 0.25) is 0 Å². The molecule has 2 atom stereocenters. The summed E-state index contributed by atoms with van der Waals surface area (Å²) in [6.45, 7) is 5.37. The van der Waals surface area contributed by atoms with Crippen molar-refractivity contribution in [1.82, 2.24) is 5.32 Å². The van der Waals surface area contributed by atoms with Crippen LogP contribution in [-0.4, -0.2) is 45.2 Å². The highest BCUT2D eigenvalue weighted by Crippen LogP contribution is 2.11. The van der Waals surface area contributed by atoms with Gasteiger partial charge in [-0.3, -0.25) is 0 Å². The Balaban J connectivity index is 2.20. The van der Waals surface area contributed by atoms with Crippen molar-refractivity contribution in [2.45, 2.75) is 32.4 Å². The number of sulfone groups is 1. The molecule has 0 aromatic heterocycles. The van der Waals surface area contributed by atoms with E-state index in [0.717, 1.165) is 13.0 Å². The van der Waals surface area contributed by atoms with Crippen LogP contribution < -0.4 is 5.32 Å². The summed E-state index contributed by atoms with van der Waals surface area (Å²) in [5.41, 5.74) is 0. The summed E-state index contributed by atoms with van der Waals surface area (Å²) >= 11 is 0. The molecule has 14 heavy (non-hydrogen) atoms. The van der Waals surface area contributed by atoms with E-state index in [1.165, 1.54) is 0 Å². The van der Waals surface area contributed by atoms with Crippen LogP contribution >= 0.6 is 0 Å². The second-order valence-electron chi connectivity index (χ2n) is 3.77. The van der Waals surface area contributed by atoms with Gasteiger partial charge in [-0.1, -0.05) is 0 Å². The highest BCUT2D eigenvalue weighted by atomic mass is 32.2. The van der Waals surface area contributed by atoms with Crippen molar-refractivity contribution in [2.24, 2.45) is 0 Å². The molecule has 0 saturated carbocycles. The van der Waals surface area contributed by atoms with Crippen LogP contribution in [0.25, 0.3) is 0 Å². The van der Waals surface area contributed by atoms with E-state index in [1.807, 2.05) is 13.8 Å². The van der Waals surface area contributed by atoms with Gasteiger partial charge in [0.25, 0.3) is 0 Å². The Hall–Kier alpha value is -0.130. The van der Waals surface area contributed by atoms with E-state index in [0.29, 0.717) is 12.4 Å². The minimum atomic E-state index is -2.76. The highest BCUT2D eigenvalue weighted by Gasteiger charge is 2.27. The molecule has 1 saturated heterocycles. The summed E-state index contributed by atoms with van der Waals surface area (Å²) in [5.74, 6) is 0.611. The summed E-state index contributed by atoms with van der Waals surface area (Å²) < 4.78 is 27.6. The van der Waals surface area contributed by atoms with Gasteiger partial charge < -0.3 is 10.1 Å². The summed E-state index contributed by atoms with van der Waals surface area (Å²) in [7, 11) is -2.76. The van der Waals surface area contributed by atoms with E-state index in [1.54, 1.807) is 0 Å². The van der Waals surface area contributed by atoms with E-state index >= 15 is 0 Å². The van der Waals surface area contributed by atoms with E-state index in [4.69, 9.17) is 4.74 Å². The molecule has 0 aromatic rings. The fraction of sp³-hybridized carbons (Fsp3) is 1.00. The molecule has 1 heterocycles. The number of hydrogen-bond donors (Lipinski definition) is 1. The molecular formula is C9H19NO3S. The predicted octanol–water partition coefficient (Wildman–Crippen LogP) is 0.188. The van der Waals surface area contributed by atoms with Crippen molar-refractivity contribution >= 4 is 9.84 Å². The zero-order valence-corrected chi connectivity index (χ0v) is 9.64. The van der Waals surface area contributed by atoms with Crippen LogP contribution in [0.4, 0.5) is 0 Å². The lowest BCUT2D eigenvalue weighted by Crippen LogP contribution is -2.36. The normalized spacial score (nSPS) is 27.7. The lowest BCUT2D eigenvalue weighted by atomic mass is 10.2. The van der Waals surface area contributed by atoms with E-state index in [9.17, 15) is 8.42 Å². The Morgan fingerprint density at radius 3 is 2.79 bits per heavy atom. The first-order chi connectivity index (χ1) is 6.53. The number of nitrogens with one attached hydrogen (secondary N) is 1. The topological polar surface area (TPSA) is 55.4 Å². The molecule has 0 spiro atoms. The summed E-state index contributed by atoms with van der Waals surface area (Å²) in [6, 6.07) is 0.128. The van der Waals surface area contributed by atoms with Gasteiger partial charge in [-0.25, -0.2) is 8.42 Å². The first-order valence-electron chi connectivity index (χ1n) is 5.09. The van der Waals surface area contributed by atoms with Crippen molar-refractivity contribution in [1.29, 1.82) is 0 Å². The Kier molecular flexibility index (Phi) is 4.34. The molecule has 0 amide bonds. The van der Waals surface area contributed by atoms with Gasteiger partial charge in [-0.15, -0.1) is 0 Å². The average molecular weight is 221 g/mol. The third-order valence-corrected chi connectivity index (χ3v) is 4.15. The smallest absolute Gasteiger partial charge is 0.151 e. The maximum absolute atomic E-state index is 11.1. The SMILES string of the molecule is CCOC(C)CNC1CCS(=O)(=O)C1. The van der Waals surface area contributed by atoms with E-state index in [-0.39, 0.29) is 17.9 Å². The van der Waals surface area contributed by atoms with Crippen molar-refractivity contribution in [3.63, 3.8) is 0 Å². The van der Waals surface area contributed by atoms with Crippen LogP contribution in [0.5, 0.6) is 0 Å². The van der Waals surface area contributed by atoms with Crippen molar-refractivity contribution in [3.8, 4) is 0 Å². The lowest BCUT2D eigenvalue weighted by Gasteiger charge is -2.15. The van der Waals surface area contributed by atoms with Crippen molar-refractivity contribution in [2.75, 3.05) is 24.7 Å². The Morgan fingerprint density at radius 2 is 2.29 bits per heavy atom.